The zero-order chi connectivity index (χ0) is 16.4. The number of imide groups is 1. The molecule has 3 amide bonds. The molecule has 0 unspecified atom stereocenters. The largest absolute Gasteiger partial charge is 0.497 e. The Balaban J connectivity index is 2.46. The number of hydrogen-bond donors (Lipinski definition) is 1. The normalized spacial score (nSPS) is 14.0. The Labute approximate surface area is 126 Å². The quantitative estimate of drug-likeness (QED) is 0.390. The number of hydrogen-bond acceptors (Lipinski definition) is 5. The molecule has 1 fully saturated rings. The first-order valence-corrected chi connectivity index (χ1v) is 6.42. The van der Waals surface area contributed by atoms with Gasteiger partial charge in [-0.1, -0.05) is 0 Å². The summed E-state index contributed by atoms with van der Waals surface area (Å²) in [5.41, 5.74) is -0.292. The van der Waals surface area contributed by atoms with Crippen molar-refractivity contribution in [2.75, 3.05) is 12.0 Å². The molecule has 114 valence electrons. The summed E-state index contributed by atoms with van der Waals surface area (Å²) in [6.45, 7) is 2.33. The molecule has 1 aromatic rings. The maximum atomic E-state index is 12.4. The number of rotatable bonds is 4. The molecule has 0 aliphatic carbocycles. The summed E-state index contributed by atoms with van der Waals surface area (Å²) < 4.78 is 5.01. The van der Waals surface area contributed by atoms with Crippen LogP contribution < -0.4 is 15.0 Å². The Kier molecular flexibility index (Phi) is 4.07. The maximum absolute atomic E-state index is 12.4. The molecule has 1 N–H and O–H groups in total. The molecular formula is C15H14N2O5. The summed E-state index contributed by atoms with van der Waals surface area (Å²) in [7, 11) is 1.50. The van der Waals surface area contributed by atoms with Crippen molar-refractivity contribution >= 4 is 29.2 Å². The van der Waals surface area contributed by atoms with Gasteiger partial charge in [-0.15, -0.1) is 0 Å². The van der Waals surface area contributed by atoms with Crippen molar-refractivity contribution in [3.8, 4) is 5.75 Å². The molecule has 22 heavy (non-hydrogen) atoms. The van der Waals surface area contributed by atoms with Gasteiger partial charge in [-0.3, -0.25) is 14.4 Å². The van der Waals surface area contributed by atoms with Gasteiger partial charge in [0.1, 0.15) is 11.4 Å². The predicted octanol–water partition coefficient (Wildman–Crippen LogP) is 1.18. The van der Waals surface area contributed by atoms with E-state index >= 15 is 0 Å². The van der Waals surface area contributed by atoms with E-state index in [1.807, 2.05) is 0 Å². The first-order valence-electron chi connectivity index (χ1n) is 6.42. The summed E-state index contributed by atoms with van der Waals surface area (Å²) in [5, 5.41) is 2.29. The fourth-order valence-corrected chi connectivity index (χ4v) is 2.16. The number of allylic oxidation sites excluding steroid dienone is 1. The number of methoxy groups -OCH3 is 1. The highest BCUT2D eigenvalue weighted by molar-refractivity contribution is 6.33. The Morgan fingerprint density at radius 3 is 2.05 bits per heavy atom. The van der Waals surface area contributed by atoms with Crippen molar-refractivity contribution in [3.63, 3.8) is 0 Å². The minimum atomic E-state index is -0.740. The standard InChI is InChI=1S/C15H14N2O5/c1-8(18)12(9(2)19)13-14(20)17(15(21)16-13)10-4-6-11(22-3)7-5-10/h4-7H,1-3H3,(H,16,21). The van der Waals surface area contributed by atoms with Gasteiger partial charge in [-0.2, -0.15) is 0 Å². The third kappa shape index (κ3) is 2.60. The van der Waals surface area contributed by atoms with Crippen LogP contribution in [0.3, 0.4) is 0 Å². The van der Waals surface area contributed by atoms with Crippen LogP contribution in [0.2, 0.25) is 0 Å². The molecule has 2 rings (SSSR count). The van der Waals surface area contributed by atoms with E-state index in [2.05, 4.69) is 5.32 Å². The van der Waals surface area contributed by atoms with Crippen LogP contribution in [0.4, 0.5) is 10.5 Å². The topological polar surface area (TPSA) is 92.8 Å². The summed E-state index contributed by atoms with van der Waals surface area (Å²) in [4.78, 5) is 48.3. The van der Waals surface area contributed by atoms with E-state index in [9.17, 15) is 19.2 Å². The van der Waals surface area contributed by atoms with Gasteiger partial charge in [0.05, 0.1) is 18.4 Å². The van der Waals surface area contributed by atoms with Crippen LogP contribution in [0, 0.1) is 0 Å². The Hall–Kier alpha value is -2.96. The zero-order valence-corrected chi connectivity index (χ0v) is 12.3. The highest BCUT2D eigenvalue weighted by atomic mass is 16.5. The molecule has 0 aromatic heterocycles. The van der Waals surface area contributed by atoms with E-state index in [0.717, 1.165) is 4.90 Å². The van der Waals surface area contributed by atoms with Crippen molar-refractivity contribution in [1.82, 2.24) is 5.32 Å². The highest BCUT2D eigenvalue weighted by Gasteiger charge is 2.38. The third-order valence-corrected chi connectivity index (χ3v) is 3.14. The molecule has 0 radical (unpaired) electrons. The van der Waals surface area contributed by atoms with Gasteiger partial charge >= 0.3 is 6.03 Å². The molecule has 0 atom stereocenters. The van der Waals surface area contributed by atoms with Crippen LogP contribution in [0.25, 0.3) is 0 Å². The number of carbonyl (C=O) groups is 4. The molecular weight excluding hydrogens is 288 g/mol. The van der Waals surface area contributed by atoms with Gasteiger partial charge in [-0.25, -0.2) is 9.69 Å². The highest BCUT2D eigenvalue weighted by Crippen LogP contribution is 2.25. The number of urea groups is 1. The number of ketones is 2. The number of benzene rings is 1. The van der Waals surface area contributed by atoms with Crippen LogP contribution >= 0.6 is 0 Å². The van der Waals surface area contributed by atoms with E-state index in [4.69, 9.17) is 4.74 Å². The van der Waals surface area contributed by atoms with Gasteiger partial charge in [-0.05, 0) is 38.1 Å². The van der Waals surface area contributed by atoms with Crippen molar-refractivity contribution in [2.45, 2.75) is 13.8 Å². The number of amides is 3. The van der Waals surface area contributed by atoms with Crippen LogP contribution in [0.15, 0.2) is 35.5 Å². The van der Waals surface area contributed by atoms with Crippen molar-refractivity contribution in [3.05, 3.63) is 35.5 Å². The molecule has 1 saturated heterocycles. The SMILES string of the molecule is COc1ccc(N2C(=O)NC(=C(C(C)=O)C(C)=O)C2=O)cc1. The molecule has 7 nitrogen and oxygen atoms in total. The van der Waals surface area contributed by atoms with Gasteiger partial charge in [0.15, 0.2) is 11.6 Å². The molecule has 0 bridgehead atoms. The average molecular weight is 302 g/mol. The lowest BCUT2D eigenvalue weighted by Gasteiger charge is -2.12. The number of ether oxygens (including phenoxy) is 1. The fourth-order valence-electron chi connectivity index (χ4n) is 2.16. The van der Waals surface area contributed by atoms with E-state index in [0.29, 0.717) is 11.4 Å². The number of carbonyl (C=O) groups excluding carboxylic acids is 4. The minimum Gasteiger partial charge on any atom is -0.497 e. The van der Waals surface area contributed by atoms with Gasteiger partial charge < -0.3 is 10.1 Å². The van der Waals surface area contributed by atoms with E-state index in [1.54, 1.807) is 12.1 Å². The van der Waals surface area contributed by atoms with Crippen LogP contribution in [-0.2, 0) is 14.4 Å². The molecule has 1 aromatic carbocycles. The summed E-state index contributed by atoms with van der Waals surface area (Å²) >= 11 is 0. The van der Waals surface area contributed by atoms with Crippen LogP contribution in [0.1, 0.15) is 13.8 Å². The Bertz CT molecular complexity index is 687. The third-order valence-electron chi connectivity index (χ3n) is 3.14. The fraction of sp³-hybridized carbons (Fsp3) is 0.200. The second-order valence-electron chi connectivity index (χ2n) is 4.63. The first kappa shape index (κ1) is 15.4. The molecule has 0 spiro atoms. The second kappa shape index (κ2) is 5.80. The summed E-state index contributed by atoms with van der Waals surface area (Å²) in [6, 6.07) is 5.52. The Morgan fingerprint density at radius 1 is 1.05 bits per heavy atom. The van der Waals surface area contributed by atoms with Crippen LogP contribution in [-0.4, -0.2) is 30.6 Å². The monoisotopic (exact) mass is 302 g/mol. The van der Waals surface area contributed by atoms with E-state index in [-0.39, 0.29) is 11.3 Å². The lowest BCUT2D eigenvalue weighted by atomic mass is 10.1. The average Bonchev–Trinajstić information content (AvgIpc) is 2.73. The van der Waals surface area contributed by atoms with E-state index < -0.39 is 23.5 Å². The number of nitrogens with zero attached hydrogens (tertiary/aromatic N) is 1. The minimum absolute atomic E-state index is 0.291. The van der Waals surface area contributed by atoms with Crippen molar-refractivity contribution in [2.24, 2.45) is 0 Å². The van der Waals surface area contributed by atoms with Crippen molar-refractivity contribution < 1.29 is 23.9 Å². The maximum Gasteiger partial charge on any atom is 0.333 e. The molecule has 1 heterocycles. The number of nitrogens with one attached hydrogen (secondary N) is 1. The van der Waals surface area contributed by atoms with E-state index in [1.165, 1.54) is 33.1 Å². The number of Topliss-reactive ketones (excluding diaryl/α,β-unsaturated/α-hetero) is 2. The van der Waals surface area contributed by atoms with Gasteiger partial charge in [0, 0.05) is 0 Å². The van der Waals surface area contributed by atoms with Crippen LogP contribution in [0.5, 0.6) is 5.75 Å². The predicted molar refractivity (Wildman–Crippen MR) is 77.4 cm³/mol. The molecule has 1 aliphatic rings. The van der Waals surface area contributed by atoms with Gasteiger partial charge in [0.25, 0.3) is 5.91 Å². The molecule has 0 saturated carbocycles. The lowest BCUT2D eigenvalue weighted by Crippen LogP contribution is -2.30. The van der Waals surface area contributed by atoms with Crippen molar-refractivity contribution in [1.29, 1.82) is 0 Å². The molecule has 1 aliphatic heterocycles. The van der Waals surface area contributed by atoms with Gasteiger partial charge in [0.2, 0.25) is 0 Å². The smallest absolute Gasteiger partial charge is 0.333 e. The summed E-state index contributed by atoms with van der Waals surface area (Å²) in [6.07, 6.45) is 0. The zero-order valence-electron chi connectivity index (χ0n) is 12.3. The Morgan fingerprint density at radius 2 is 1.59 bits per heavy atom. The first-order chi connectivity index (χ1) is 10.4. The molecule has 7 heteroatoms. The number of anilines is 1. The second-order valence-corrected chi connectivity index (χ2v) is 4.63. The summed E-state index contributed by atoms with van der Waals surface area (Å²) in [5.74, 6) is -1.32. The lowest BCUT2D eigenvalue weighted by molar-refractivity contribution is -0.121.